The van der Waals surface area contributed by atoms with Gasteiger partial charge < -0.3 is 9.13 Å². The third-order valence-corrected chi connectivity index (χ3v) is 3.97. The van der Waals surface area contributed by atoms with Gasteiger partial charge in [0.25, 0.3) is 0 Å². The van der Waals surface area contributed by atoms with E-state index in [0.717, 1.165) is 24.3 Å². The van der Waals surface area contributed by atoms with Crippen molar-refractivity contribution in [3.8, 4) is 0 Å². The van der Waals surface area contributed by atoms with Crippen LogP contribution in [0.3, 0.4) is 0 Å². The summed E-state index contributed by atoms with van der Waals surface area (Å²) in [6.07, 6.45) is 6.43. The molecule has 0 fully saturated rings. The van der Waals surface area contributed by atoms with Crippen molar-refractivity contribution in [3.63, 3.8) is 0 Å². The first-order chi connectivity index (χ1) is 10.2. The molecule has 0 spiro atoms. The number of alkyl halides is 1. The van der Waals surface area contributed by atoms with Crippen molar-refractivity contribution >= 4 is 22.6 Å². The first-order valence-corrected chi connectivity index (χ1v) is 7.72. The minimum absolute atomic E-state index is 0.295. The van der Waals surface area contributed by atoms with Crippen LogP contribution in [0.2, 0.25) is 0 Å². The number of benzene rings is 1. The van der Waals surface area contributed by atoms with Crippen LogP contribution < -0.4 is 0 Å². The average molecular weight is 303 g/mol. The van der Waals surface area contributed by atoms with Crippen LogP contribution in [0.25, 0.3) is 11.0 Å². The molecule has 2 aromatic heterocycles. The molecule has 0 saturated carbocycles. The highest BCUT2D eigenvalue weighted by Gasteiger charge is 2.17. The van der Waals surface area contributed by atoms with E-state index in [0.29, 0.717) is 11.9 Å². The van der Waals surface area contributed by atoms with Crippen LogP contribution in [0.5, 0.6) is 0 Å². The van der Waals surface area contributed by atoms with E-state index in [1.807, 2.05) is 18.7 Å². The van der Waals surface area contributed by atoms with Crippen LogP contribution in [0.4, 0.5) is 0 Å². The summed E-state index contributed by atoms with van der Waals surface area (Å²) in [6, 6.07) is 6.55. The topological polar surface area (TPSA) is 35.6 Å². The summed E-state index contributed by atoms with van der Waals surface area (Å²) in [7, 11) is 0. The second-order valence-corrected chi connectivity index (χ2v) is 5.77. The number of fused-ring (bicyclic) bond motifs is 1. The highest BCUT2D eigenvalue weighted by atomic mass is 35.5. The number of hydrogen-bond donors (Lipinski definition) is 0. The number of nitrogens with zero attached hydrogens (tertiary/aromatic N) is 4. The van der Waals surface area contributed by atoms with Gasteiger partial charge in [0.1, 0.15) is 5.82 Å². The first kappa shape index (κ1) is 14.1. The number of para-hydroxylation sites is 1. The summed E-state index contributed by atoms with van der Waals surface area (Å²) >= 11 is 5.95. The van der Waals surface area contributed by atoms with Crippen LogP contribution in [-0.2, 0) is 13.0 Å². The van der Waals surface area contributed by atoms with Gasteiger partial charge in [0, 0.05) is 31.2 Å². The number of halogens is 1. The molecule has 1 aromatic carbocycles. The Morgan fingerprint density at radius 3 is 2.90 bits per heavy atom. The Morgan fingerprint density at radius 2 is 2.19 bits per heavy atom. The Labute approximate surface area is 129 Å². The molecule has 0 N–H and O–H groups in total. The highest BCUT2D eigenvalue weighted by Crippen LogP contribution is 2.25. The number of aromatic nitrogens is 4. The van der Waals surface area contributed by atoms with Crippen LogP contribution in [-0.4, -0.2) is 25.0 Å². The molecule has 3 rings (SSSR count). The summed E-state index contributed by atoms with van der Waals surface area (Å²) in [5.41, 5.74) is 3.51. The van der Waals surface area contributed by atoms with Crippen LogP contribution in [0.15, 0.2) is 36.9 Å². The van der Waals surface area contributed by atoms with Gasteiger partial charge in [-0.15, -0.1) is 11.6 Å². The minimum Gasteiger partial charge on any atom is -0.335 e. The third kappa shape index (κ3) is 2.68. The SMILES string of the molecule is Cc1cccc2nc(CCCl)n(C(C)Cn3ccnc3)c12. The zero-order valence-corrected chi connectivity index (χ0v) is 13.1. The summed E-state index contributed by atoms with van der Waals surface area (Å²) in [5, 5.41) is 0. The maximum atomic E-state index is 5.95. The van der Waals surface area contributed by atoms with E-state index in [-0.39, 0.29) is 0 Å². The summed E-state index contributed by atoms with van der Waals surface area (Å²) in [4.78, 5) is 8.88. The summed E-state index contributed by atoms with van der Waals surface area (Å²) in [5.74, 6) is 1.64. The highest BCUT2D eigenvalue weighted by molar-refractivity contribution is 6.17. The van der Waals surface area contributed by atoms with E-state index in [9.17, 15) is 0 Å². The fourth-order valence-corrected chi connectivity index (χ4v) is 3.06. The lowest BCUT2D eigenvalue weighted by Crippen LogP contribution is -2.15. The summed E-state index contributed by atoms with van der Waals surface area (Å²) in [6.45, 7) is 5.22. The molecule has 0 radical (unpaired) electrons. The van der Waals surface area contributed by atoms with Gasteiger partial charge in [-0.05, 0) is 25.5 Å². The predicted molar refractivity (Wildman–Crippen MR) is 85.8 cm³/mol. The number of aryl methyl sites for hydroxylation is 2. The minimum atomic E-state index is 0.295. The van der Waals surface area contributed by atoms with Crippen molar-refractivity contribution in [3.05, 3.63) is 48.3 Å². The Morgan fingerprint density at radius 1 is 1.33 bits per heavy atom. The lowest BCUT2D eigenvalue weighted by molar-refractivity contribution is 0.461. The molecule has 1 atom stereocenters. The largest absolute Gasteiger partial charge is 0.335 e. The molecule has 5 heteroatoms. The molecule has 1 unspecified atom stereocenters. The zero-order chi connectivity index (χ0) is 14.8. The molecule has 0 aliphatic heterocycles. The van der Waals surface area contributed by atoms with E-state index in [1.165, 1.54) is 11.1 Å². The molecule has 2 heterocycles. The Balaban J connectivity index is 2.07. The van der Waals surface area contributed by atoms with Gasteiger partial charge in [-0.25, -0.2) is 9.97 Å². The van der Waals surface area contributed by atoms with Crippen LogP contribution >= 0.6 is 11.6 Å². The van der Waals surface area contributed by atoms with Gasteiger partial charge in [0.05, 0.1) is 23.4 Å². The van der Waals surface area contributed by atoms with Crippen molar-refractivity contribution in [1.29, 1.82) is 0 Å². The predicted octanol–water partition coefficient (Wildman–Crippen LogP) is 3.58. The normalized spacial score (nSPS) is 12.9. The quantitative estimate of drug-likeness (QED) is 0.675. The molecule has 0 saturated heterocycles. The second kappa shape index (κ2) is 5.90. The number of hydrogen-bond acceptors (Lipinski definition) is 2. The van der Waals surface area contributed by atoms with Gasteiger partial charge in [-0.3, -0.25) is 0 Å². The van der Waals surface area contributed by atoms with Crippen molar-refractivity contribution in [2.45, 2.75) is 32.9 Å². The molecule has 0 amide bonds. The van der Waals surface area contributed by atoms with Gasteiger partial charge in [-0.1, -0.05) is 12.1 Å². The molecular formula is C16H19ClN4. The number of rotatable bonds is 5. The third-order valence-electron chi connectivity index (χ3n) is 3.78. The number of imidazole rings is 2. The Bertz CT molecular complexity index is 730. The standard InChI is InChI=1S/C16H19ClN4/c1-12-4-3-5-14-16(12)21(15(19-14)6-7-17)13(2)10-20-9-8-18-11-20/h3-5,8-9,11,13H,6-7,10H2,1-2H3. The molecule has 110 valence electrons. The van der Waals surface area contributed by atoms with Gasteiger partial charge in [0.2, 0.25) is 0 Å². The van der Waals surface area contributed by atoms with Crippen molar-refractivity contribution in [1.82, 2.24) is 19.1 Å². The van der Waals surface area contributed by atoms with Gasteiger partial charge >= 0.3 is 0 Å². The zero-order valence-electron chi connectivity index (χ0n) is 12.3. The fourth-order valence-electron chi connectivity index (χ4n) is 2.89. The van der Waals surface area contributed by atoms with E-state index in [1.54, 1.807) is 0 Å². The van der Waals surface area contributed by atoms with E-state index in [4.69, 9.17) is 16.6 Å². The van der Waals surface area contributed by atoms with Crippen molar-refractivity contribution < 1.29 is 0 Å². The molecule has 0 aliphatic rings. The van der Waals surface area contributed by atoms with Gasteiger partial charge in [0.15, 0.2) is 0 Å². The van der Waals surface area contributed by atoms with Crippen molar-refractivity contribution in [2.75, 3.05) is 5.88 Å². The van der Waals surface area contributed by atoms with E-state index >= 15 is 0 Å². The maximum absolute atomic E-state index is 5.95. The Kier molecular flexibility index (Phi) is 3.97. The van der Waals surface area contributed by atoms with E-state index < -0.39 is 0 Å². The lowest BCUT2D eigenvalue weighted by atomic mass is 10.2. The molecule has 4 nitrogen and oxygen atoms in total. The second-order valence-electron chi connectivity index (χ2n) is 5.39. The van der Waals surface area contributed by atoms with Crippen LogP contribution in [0, 0.1) is 6.92 Å². The molecule has 3 aromatic rings. The molecule has 0 bridgehead atoms. The molecule has 0 aliphatic carbocycles. The molecular weight excluding hydrogens is 284 g/mol. The molecule has 21 heavy (non-hydrogen) atoms. The van der Waals surface area contributed by atoms with Crippen molar-refractivity contribution in [2.24, 2.45) is 0 Å². The fraction of sp³-hybridized carbons (Fsp3) is 0.375. The lowest BCUT2D eigenvalue weighted by Gasteiger charge is -2.19. The Hall–Kier alpha value is -1.81. The van der Waals surface area contributed by atoms with Gasteiger partial charge in [-0.2, -0.15) is 0 Å². The average Bonchev–Trinajstić information content (AvgIpc) is 3.07. The monoisotopic (exact) mass is 302 g/mol. The van der Waals surface area contributed by atoms with E-state index in [2.05, 4.69) is 46.2 Å². The maximum Gasteiger partial charge on any atom is 0.111 e. The van der Waals surface area contributed by atoms with Crippen LogP contribution in [0.1, 0.15) is 24.4 Å². The summed E-state index contributed by atoms with van der Waals surface area (Å²) < 4.78 is 4.42. The smallest absolute Gasteiger partial charge is 0.111 e. The first-order valence-electron chi connectivity index (χ1n) is 7.19.